The molecule has 0 spiro atoms. The highest BCUT2D eigenvalue weighted by Gasteiger charge is 2.32. The summed E-state index contributed by atoms with van der Waals surface area (Å²) in [6.07, 6.45) is 4.44. The molecular formula is C17H24O3. The van der Waals surface area contributed by atoms with Crippen LogP contribution in [0.5, 0.6) is 5.75 Å². The molecular weight excluding hydrogens is 252 g/mol. The molecule has 1 aliphatic carbocycles. The first-order valence-corrected chi connectivity index (χ1v) is 7.32. The van der Waals surface area contributed by atoms with Crippen molar-refractivity contribution in [3.8, 4) is 5.75 Å². The highest BCUT2D eigenvalue weighted by atomic mass is 16.4. The number of hydrogen-bond donors (Lipinski definition) is 2. The largest absolute Gasteiger partial charge is 0.507 e. The van der Waals surface area contributed by atoms with Crippen molar-refractivity contribution in [2.45, 2.75) is 65.2 Å². The van der Waals surface area contributed by atoms with Gasteiger partial charge in [0.25, 0.3) is 0 Å². The Morgan fingerprint density at radius 2 is 1.60 bits per heavy atom. The number of hydrogen-bond acceptors (Lipinski definition) is 2. The van der Waals surface area contributed by atoms with Crippen molar-refractivity contribution in [3.05, 3.63) is 27.8 Å². The Labute approximate surface area is 120 Å². The third-order valence-corrected chi connectivity index (χ3v) is 4.61. The fourth-order valence-corrected chi connectivity index (χ4v) is 3.69. The molecule has 3 heteroatoms. The van der Waals surface area contributed by atoms with Crippen molar-refractivity contribution in [2.24, 2.45) is 0 Å². The Morgan fingerprint density at radius 1 is 1.10 bits per heavy atom. The molecule has 1 aromatic carbocycles. The lowest BCUT2D eigenvalue weighted by Crippen LogP contribution is -2.25. The van der Waals surface area contributed by atoms with Crippen LogP contribution in [0.25, 0.3) is 0 Å². The van der Waals surface area contributed by atoms with Crippen molar-refractivity contribution in [2.75, 3.05) is 0 Å². The SMILES string of the molecule is Cc1c(O)c(C(C)(C)CC(=O)O)c(C)c2c1CCCC2. The maximum atomic E-state index is 11.1. The van der Waals surface area contributed by atoms with Crippen molar-refractivity contribution in [3.63, 3.8) is 0 Å². The van der Waals surface area contributed by atoms with Gasteiger partial charge in [0, 0.05) is 11.0 Å². The average molecular weight is 276 g/mol. The number of phenolic OH excluding ortho intramolecular Hbond substituents is 1. The van der Waals surface area contributed by atoms with Gasteiger partial charge in [-0.1, -0.05) is 13.8 Å². The van der Waals surface area contributed by atoms with Crippen LogP contribution in [-0.4, -0.2) is 16.2 Å². The molecule has 110 valence electrons. The number of benzene rings is 1. The van der Waals surface area contributed by atoms with Crippen molar-refractivity contribution in [1.82, 2.24) is 0 Å². The summed E-state index contributed by atoms with van der Waals surface area (Å²) in [5.74, 6) is -0.529. The number of carboxylic acid groups (broad SMARTS) is 1. The van der Waals surface area contributed by atoms with Crippen molar-refractivity contribution >= 4 is 5.97 Å². The molecule has 0 saturated carbocycles. The summed E-state index contributed by atoms with van der Waals surface area (Å²) < 4.78 is 0. The van der Waals surface area contributed by atoms with E-state index in [1.807, 2.05) is 27.7 Å². The van der Waals surface area contributed by atoms with E-state index < -0.39 is 11.4 Å². The van der Waals surface area contributed by atoms with Gasteiger partial charge in [-0.15, -0.1) is 0 Å². The standard InChI is InChI=1S/C17H24O3/c1-10-12-7-5-6-8-13(12)11(2)16(20)15(10)17(3,4)9-14(18)19/h20H,5-9H2,1-4H3,(H,18,19). The minimum Gasteiger partial charge on any atom is -0.507 e. The van der Waals surface area contributed by atoms with E-state index in [9.17, 15) is 9.90 Å². The molecule has 0 saturated heterocycles. The monoisotopic (exact) mass is 276 g/mol. The van der Waals surface area contributed by atoms with Crippen molar-refractivity contribution < 1.29 is 15.0 Å². The first kappa shape index (κ1) is 14.9. The molecule has 20 heavy (non-hydrogen) atoms. The van der Waals surface area contributed by atoms with Gasteiger partial charge in [-0.25, -0.2) is 0 Å². The molecule has 2 rings (SSSR count). The van der Waals surface area contributed by atoms with Crippen LogP contribution in [0.3, 0.4) is 0 Å². The van der Waals surface area contributed by atoms with Crippen LogP contribution in [-0.2, 0) is 23.1 Å². The molecule has 0 radical (unpaired) electrons. The molecule has 0 fully saturated rings. The Morgan fingerprint density at radius 3 is 2.10 bits per heavy atom. The number of rotatable bonds is 3. The molecule has 0 unspecified atom stereocenters. The molecule has 1 aromatic rings. The molecule has 0 bridgehead atoms. The van der Waals surface area contributed by atoms with E-state index in [0.29, 0.717) is 5.75 Å². The number of aliphatic carboxylic acids is 1. The minimum absolute atomic E-state index is 0.0274. The van der Waals surface area contributed by atoms with Gasteiger partial charge >= 0.3 is 5.97 Å². The lowest BCUT2D eigenvalue weighted by Gasteiger charge is -2.31. The predicted molar refractivity (Wildman–Crippen MR) is 79.5 cm³/mol. The average Bonchev–Trinajstić information content (AvgIpc) is 2.34. The molecule has 3 nitrogen and oxygen atoms in total. The van der Waals surface area contributed by atoms with Gasteiger partial charge in [0.15, 0.2) is 0 Å². The predicted octanol–water partition coefficient (Wildman–Crippen LogP) is 3.64. The first-order chi connectivity index (χ1) is 9.25. The first-order valence-electron chi connectivity index (χ1n) is 7.32. The second kappa shape index (κ2) is 5.12. The summed E-state index contributed by atoms with van der Waals surface area (Å²) in [7, 11) is 0. The van der Waals surface area contributed by atoms with Gasteiger partial charge in [-0.05, 0) is 61.8 Å². The third kappa shape index (κ3) is 2.41. The summed E-state index contributed by atoms with van der Waals surface area (Å²) in [4.78, 5) is 11.1. The molecule has 0 aromatic heterocycles. The number of fused-ring (bicyclic) bond motifs is 1. The van der Waals surface area contributed by atoms with Crippen LogP contribution in [0.4, 0.5) is 0 Å². The van der Waals surface area contributed by atoms with Gasteiger partial charge in [0.2, 0.25) is 0 Å². The fourth-order valence-electron chi connectivity index (χ4n) is 3.69. The minimum atomic E-state index is -0.829. The fraction of sp³-hybridized carbons (Fsp3) is 0.588. The van der Waals surface area contributed by atoms with Crippen LogP contribution < -0.4 is 0 Å². The molecule has 2 N–H and O–H groups in total. The normalized spacial score (nSPS) is 15.0. The van der Waals surface area contributed by atoms with Gasteiger partial charge in [-0.3, -0.25) is 4.79 Å². The highest BCUT2D eigenvalue weighted by molar-refractivity contribution is 5.70. The van der Waals surface area contributed by atoms with Crippen LogP contribution in [0.2, 0.25) is 0 Å². The van der Waals surface area contributed by atoms with E-state index in [-0.39, 0.29) is 6.42 Å². The number of carboxylic acids is 1. The van der Waals surface area contributed by atoms with Gasteiger partial charge in [0.1, 0.15) is 5.75 Å². The Kier molecular flexibility index (Phi) is 3.81. The topological polar surface area (TPSA) is 57.5 Å². The second-order valence-corrected chi connectivity index (χ2v) is 6.59. The van der Waals surface area contributed by atoms with Crippen LogP contribution in [0.1, 0.15) is 60.9 Å². The highest BCUT2D eigenvalue weighted by Crippen LogP contribution is 2.43. The quantitative estimate of drug-likeness (QED) is 0.886. The molecule has 0 heterocycles. The van der Waals surface area contributed by atoms with E-state index in [2.05, 4.69) is 0 Å². The van der Waals surface area contributed by atoms with Crippen LogP contribution >= 0.6 is 0 Å². The smallest absolute Gasteiger partial charge is 0.304 e. The van der Waals surface area contributed by atoms with Gasteiger partial charge < -0.3 is 10.2 Å². The summed E-state index contributed by atoms with van der Waals surface area (Å²) in [6, 6.07) is 0. The Hall–Kier alpha value is -1.51. The van der Waals surface area contributed by atoms with E-state index in [4.69, 9.17) is 5.11 Å². The van der Waals surface area contributed by atoms with E-state index >= 15 is 0 Å². The lowest BCUT2D eigenvalue weighted by atomic mass is 9.73. The van der Waals surface area contributed by atoms with E-state index in [0.717, 1.165) is 29.5 Å². The summed E-state index contributed by atoms with van der Waals surface area (Å²) in [5, 5.41) is 19.7. The molecule has 0 atom stereocenters. The third-order valence-electron chi connectivity index (χ3n) is 4.61. The van der Waals surface area contributed by atoms with E-state index in [1.54, 1.807) is 0 Å². The summed E-state index contributed by atoms with van der Waals surface area (Å²) >= 11 is 0. The molecule has 1 aliphatic rings. The maximum Gasteiger partial charge on any atom is 0.304 e. The number of carbonyl (C=O) groups is 1. The molecule has 0 amide bonds. The number of aromatic hydroxyl groups is 1. The Balaban J connectivity index is 2.65. The second-order valence-electron chi connectivity index (χ2n) is 6.59. The maximum absolute atomic E-state index is 11.1. The number of phenols is 1. The van der Waals surface area contributed by atoms with Crippen LogP contribution in [0, 0.1) is 13.8 Å². The zero-order chi connectivity index (χ0) is 15.1. The summed E-state index contributed by atoms with van der Waals surface area (Å²) in [6.45, 7) is 7.79. The zero-order valence-corrected chi connectivity index (χ0v) is 12.8. The van der Waals surface area contributed by atoms with Gasteiger partial charge in [-0.2, -0.15) is 0 Å². The van der Waals surface area contributed by atoms with E-state index in [1.165, 1.54) is 24.0 Å². The molecule has 0 aliphatic heterocycles. The summed E-state index contributed by atoms with van der Waals surface area (Å²) in [5.41, 5.74) is 4.91. The Bertz CT molecular complexity index is 556. The van der Waals surface area contributed by atoms with Gasteiger partial charge in [0.05, 0.1) is 6.42 Å². The lowest BCUT2D eigenvalue weighted by molar-refractivity contribution is -0.138. The van der Waals surface area contributed by atoms with Crippen LogP contribution in [0.15, 0.2) is 0 Å². The zero-order valence-electron chi connectivity index (χ0n) is 12.8. The van der Waals surface area contributed by atoms with Crippen molar-refractivity contribution in [1.29, 1.82) is 0 Å².